The fraction of sp³-hybridized carbons (Fsp3) is 0. The number of benzene rings is 3. The molecule has 0 bridgehead atoms. The van der Waals surface area contributed by atoms with Crippen LogP contribution in [0.1, 0.15) is 0 Å². The fourth-order valence-electron chi connectivity index (χ4n) is 4.63. The van der Waals surface area contributed by atoms with Crippen LogP contribution in [0.4, 0.5) is 26.0 Å². The molecule has 0 unspecified atom stereocenters. The first kappa shape index (κ1) is 29.3. The summed E-state index contributed by atoms with van der Waals surface area (Å²) in [4.78, 5) is 24.1. The molecule has 0 amide bonds. The van der Waals surface area contributed by atoms with Gasteiger partial charge in [-0.25, -0.2) is 46.7 Å². The third-order valence-electron chi connectivity index (χ3n) is 6.70. The molecule has 0 atom stereocenters. The number of nitrogens with zero attached hydrogens (tertiary/aromatic N) is 6. The molecule has 18 heteroatoms. The molecule has 0 radical (unpaired) electrons. The van der Waals surface area contributed by atoms with Gasteiger partial charge in [-0.1, -0.05) is 47.5 Å². The Morgan fingerprint density at radius 2 is 1.78 bits per heavy atom. The molecule has 0 aliphatic carbocycles. The third-order valence-corrected chi connectivity index (χ3v) is 9.04. The standard InChI is InChI=1S/C28H15Cl2F2N9O4S/c29-14-5-3-7-19(21(14)30)46(43,44)40-16-9-8-15(31)24(22(16)32)36-26-25-17(33-12-34-26)10-11-20(35-25)41-18-6-2-1-4-13(18)23(39-41)27-37-38-28(42)45-27/h1-12,40H,(H,38,42)(H,33,34,36). The average Bonchev–Trinajstić information content (AvgIpc) is 3.65. The van der Waals surface area contributed by atoms with Crippen molar-refractivity contribution >= 4 is 72.4 Å². The minimum Gasteiger partial charge on any atom is -0.386 e. The van der Waals surface area contributed by atoms with E-state index in [0.29, 0.717) is 16.4 Å². The zero-order valence-corrected chi connectivity index (χ0v) is 25.0. The number of nitrogens with one attached hydrogen (secondary N) is 3. The first-order chi connectivity index (χ1) is 22.1. The summed E-state index contributed by atoms with van der Waals surface area (Å²) in [5.41, 5.74) is -0.0378. The van der Waals surface area contributed by atoms with Gasteiger partial charge in [-0.2, -0.15) is 5.10 Å². The highest BCUT2D eigenvalue weighted by Crippen LogP contribution is 2.34. The molecule has 13 nitrogen and oxygen atoms in total. The minimum absolute atomic E-state index is 0.0268. The summed E-state index contributed by atoms with van der Waals surface area (Å²) in [6.07, 6.45) is 1.16. The van der Waals surface area contributed by atoms with Crippen LogP contribution >= 0.6 is 23.2 Å². The van der Waals surface area contributed by atoms with E-state index in [2.05, 4.69) is 40.3 Å². The van der Waals surface area contributed by atoms with Crippen molar-refractivity contribution in [3.8, 4) is 17.4 Å². The van der Waals surface area contributed by atoms with Crippen molar-refractivity contribution in [2.75, 3.05) is 10.0 Å². The molecule has 230 valence electrons. The Kier molecular flexibility index (Phi) is 7.11. The molecule has 0 aliphatic rings. The first-order valence-corrected chi connectivity index (χ1v) is 15.2. The van der Waals surface area contributed by atoms with E-state index in [1.807, 2.05) is 0 Å². The molecule has 0 saturated carbocycles. The number of hydrogen-bond acceptors (Lipinski definition) is 10. The van der Waals surface area contributed by atoms with Crippen LogP contribution in [0.5, 0.6) is 0 Å². The Hall–Kier alpha value is -5.45. The lowest BCUT2D eigenvalue weighted by Gasteiger charge is -2.15. The van der Waals surface area contributed by atoms with E-state index in [-0.39, 0.29) is 38.8 Å². The number of H-pyrrole nitrogens is 1. The van der Waals surface area contributed by atoms with Crippen LogP contribution in [0.3, 0.4) is 0 Å². The van der Waals surface area contributed by atoms with E-state index >= 15 is 8.78 Å². The summed E-state index contributed by atoms with van der Waals surface area (Å²) in [7, 11) is -4.43. The summed E-state index contributed by atoms with van der Waals surface area (Å²) in [5.74, 6) is -2.95. The topological polar surface area (TPSA) is 174 Å². The van der Waals surface area contributed by atoms with Gasteiger partial charge in [0, 0.05) is 5.39 Å². The highest BCUT2D eigenvalue weighted by atomic mass is 35.5. The van der Waals surface area contributed by atoms with Gasteiger partial charge < -0.3 is 9.73 Å². The lowest BCUT2D eigenvalue weighted by molar-refractivity contribution is 0.525. The molecule has 0 aliphatic heterocycles. The van der Waals surface area contributed by atoms with Crippen LogP contribution in [0.2, 0.25) is 10.0 Å². The van der Waals surface area contributed by atoms with Crippen molar-refractivity contribution in [3.63, 3.8) is 0 Å². The van der Waals surface area contributed by atoms with E-state index < -0.39 is 43.7 Å². The van der Waals surface area contributed by atoms with Crippen LogP contribution in [0, 0.1) is 11.6 Å². The molecular weight excluding hydrogens is 667 g/mol. The Bertz CT molecular complexity index is 2500. The largest absolute Gasteiger partial charge is 0.434 e. The van der Waals surface area contributed by atoms with Gasteiger partial charge in [0.05, 0.1) is 26.8 Å². The SMILES string of the molecule is O=c1[nH]nc(-c2nn(-c3ccc4ncnc(Nc5c(F)ccc(NS(=O)(=O)c6cccc(Cl)c6Cl)c5F)c4n3)c3ccccc23)o1. The number of hydrogen-bond donors (Lipinski definition) is 3. The predicted octanol–water partition coefficient (Wildman–Crippen LogP) is 5.84. The Labute approximate surface area is 265 Å². The normalized spacial score (nSPS) is 11.7. The minimum atomic E-state index is -4.43. The van der Waals surface area contributed by atoms with Crippen LogP contribution < -0.4 is 15.8 Å². The number of sulfonamides is 1. The Morgan fingerprint density at radius 1 is 0.957 bits per heavy atom. The van der Waals surface area contributed by atoms with E-state index in [0.717, 1.165) is 18.5 Å². The van der Waals surface area contributed by atoms with Crippen molar-refractivity contribution in [1.29, 1.82) is 0 Å². The van der Waals surface area contributed by atoms with Gasteiger partial charge in [-0.3, -0.25) is 4.72 Å². The van der Waals surface area contributed by atoms with Crippen molar-refractivity contribution in [2.24, 2.45) is 0 Å². The number of halogens is 4. The quantitative estimate of drug-likeness (QED) is 0.185. The average molecular weight is 682 g/mol. The lowest BCUT2D eigenvalue weighted by Crippen LogP contribution is -2.15. The van der Waals surface area contributed by atoms with Crippen molar-refractivity contribution in [3.05, 3.63) is 105 Å². The highest BCUT2D eigenvalue weighted by Gasteiger charge is 2.24. The van der Waals surface area contributed by atoms with Crippen molar-refractivity contribution in [1.82, 2.24) is 34.9 Å². The molecule has 0 saturated heterocycles. The van der Waals surface area contributed by atoms with Crippen molar-refractivity contribution < 1.29 is 21.6 Å². The molecular formula is C28H15Cl2F2N9O4S. The number of aromatic amines is 1. The monoisotopic (exact) mass is 681 g/mol. The number of rotatable bonds is 7. The summed E-state index contributed by atoms with van der Waals surface area (Å²) < 4.78 is 65.4. The first-order valence-electron chi connectivity index (χ1n) is 13.0. The van der Waals surface area contributed by atoms with Gasteiger partial charge in [0.2, 0.25) is 0 Å². The van der Waals surface area contributed by atoms with E-state index in [1.165, 1.54) is 22.9 Å². The van der Waals surface area contributed by atoms with Crippen LogP contribution in [-0.2, 0) is 10.0 Å². The molecule has 46 heavy (non-hydrogen) atoms. The highest BCUT2D eigenvalue weighted by molar-refractivity contribution is 7.92. The third kappa shape index (κ3) is 5.07. The van der Waals surface area contributed by atoms with E-state index in [9.17, 15) is 13.2 Å². The second-order valence-corrected chi connectivity index (χ2v) is 12.0. The molecule has 7 rings (SSSR count). The fourth-order valence-corrected chi connectivity index (χ4v) is 6.45. The zero-order chi connectivity index (χ0) is 32.2. The molecule has 0 fully saturated rings. The maximum Gasteiger partial charge on any atom is 0.434 e. The molecule has 0 spiro atoms. The second kappa shape index (κ2) is 11.2. The van der Waals surface area contributed by atoms with Gasteiger partial charge in [-0.05, 0) is 42.5 Å². The van der Waals surface area contributed by atoms with Gasteiger partial charge in [-0.15, -0.1) is 5.10 Å². The van der Waals surface area contributed by atoms with Crippen LogP contribution in [-0.4, -0.2) is 43.3 Å². The van der Waals surface area contributed by atoms with Crippen LogP contribution in [0.25, 0.3) is 39.3 Å². The Morgan fingerprint density at radius 3 is 2.59 bits per heavy atom. The summed E-state index contributed by atoms with van der Waals surface area (Å²) in [6.45, 7) is 0. The van der Waals surface area contributed by atoms with E-state index in [1.54, 1.807) is 36.4 Å². The van der Waals surface area contributed by atoms with Crippen molar-refractivity contribution in [2.45, 2.75) is 4.90 Å². The smallest absolute Gasteiger partial charge is 0.386 e. The number of pyridine rings is 1. The molecule has 7 aromatic rings. The van der Waals surface area contributed by atoms with Gasteiger partial charge in [0.25, 0.3) is 15.9 Å². The van der Waals surface area contributed by atoms with Gasteiger partial charge >= 0.3 is 5.76 Å². The molecule has 3 N–H and O–H groups in total. The van der Waals surface area contributed by atoms with Crippen LogP contribution in [0.15, 0.2) is 87.2 Å². The lowest BCUT2D eigenvalue weighted by atomic mass is 10.2. The molecule has 3 aromatic carbocycles. The molecule has 4 aromatic heterocycles. The zero-order valence-electron chi connectivity index (χ0n) is 22.7. The van der Waals surface area contributed by atoms with E-state index in [4.69, 9.17) is 27.6 Å². The number of anilines is 3. The summed E-state index contributed by atoms with van der Waals surface area (Å²) in [6, 6.07) is 16.0. The summed E-state index contributed by atoms with van der Waals surface area (Å²) >= 11 is 12.0. The second-order valence-electron chi connectivity index (χ2n) is 9.52. The summed E-state index contributed by atoms with van der Waals surface area (Å²) in [5, 5.41) is 13.5. The predicted molar refractivity (Wildman–Crippen MR) is 165 cm³/mol. The number of aromatic nitrogens is 7. The van der Waals surface area contributed by atoms with Gasteiger partial charge in [0.15, 0.2) is 23.1 Å². The molecule has 4 heterocycles. The maximum atomic E-state index is 15.7. The Balaban J connectivity index is 1.29. The number of para-hydroxylation sites is 1. The van der Waals surface area contributed by atoms with Gasteiger partial charge in [0.1, 0.15) is 28.2 Å². The maximum absolute atomic E-state index is 15.7. The number of fused-ring (bicyclic) bond motifs is 2.